The molecule has 0 spiro atoms. The summed E-state index contributed by atoms with van der Waals surface area (Å²) < 4.78 is 1.71. The molecule has 150 valence electrons. The molecule has 0 amide bonds. The molecule has 0 aliphatic rings. The van der Waals surface area contributed by atoms with E-state index in [2.05, 4.69) is 5.10 Å². The molecule has 2 aromatic heterocycles. The van der Waals surface area contributed by atoms with Crippen molar-refractivity contribution in [2.45, 2.75) is 13.3 Å². The number of aromatic nitrogens is 2. The molecule has 0 atom stereocenters. The first kappa shape index (κ1) is 20.1. The predicted octanol–water partition coefficient (Wildman–Crippen LogP) is 5.69. The van der Waals surface area contributed by atoms with Crippen LogP contribution < -0.4 is 0 Å². The number of carboxylic acid groups (broad SMARTS) is 1. The van der Waals surface area contributed by atoms with Gasteiger partial charge in [-0.15, -0.1) is 11.3 Å². The van der Waals surface area contributed by atoms with Gasteiger partial charge in [-0.3, -0.25) is 4.79 Å². The minimum absolute atomic E-state index is 0.00690. The molecule has 4 rings (SSSR count). The number of hydrogen-bond donors (Lipinski definition) is 1. The summed E-state index contributed by atoms with van der Waals surface area (Å²) in [4.78, 5) is 25.6. The van der Waals surface area contributed by atoms with Gasteiger partial charge in [-0.25, -0.2) is 9.48 Å². The summed E-state index contributed by atoms with van der Waals surface area (Å²) >= 11 is 7.25. The highest BCUT2D eigenvalue weighted by Gasteiger charge is 2.23. The average Bonchev–Trinajstić information content (AvgIpc) is 3.33. The molecule has 0 saturated carbocycles. The summed E-state index contributed by atoms with van der Waals surface area (Å²) in [6, 6.07) is 16.5. The number of halogens is 1. The van der Waals surface area contributed by atoms with Crippen molar-refractivity contribution in [3.63, 3.8) is 0 Å². The van der Waals surface area contributed by atoms with Crippen molar-refractivity contribution in [1.82, 2.24) is 9.78 Å². The number of nitrogens with zero attached hydrogens (tertiary/aromatic N) is 2. The fourth-order valence-electron chi connectivity index (χ4n) is 3.35. The van der Waals surface area contributed by atoms with Crippen LogP contribution in [0.2, 0.25) is 5.02 Å². The Morgan fingerprint density at radius 3 is 2.47 bits per heavy atom. The van der Waals surface area contributed by atoms with E-state index in [-0.39, 0.29) is 17.8 Å². The Morgan fingerprint density at radius 1 is 1.10 bits per heavy atom. The van der Waals surface area contributed by atoms with E-state index in [0.717, 1.165) is 16.9 Å². The number of hydrogen-bond acceptors (Lipinski definition) is 4. The Bertz CT molecular complexity index is 1230. The number of carboxylic acids is 1. The van der Waals surface area contributed by atoms with Crippen LogP contribution in [0.5, 0.6) is 0 Å². The molecule has 1 N–H and O–H groups in total. The maximum atomic E-state index is 13.0. The molecular weight excluding hydrogens is 420 g/mol. The summed E-state index contributed by atoms with van der Waals surface area (Å²) in [7, 11) is 0. The third kappa shape index (κ3) is 3.79. The van der Waals surface area contributed by atoms with E-state index in [1.807, 2.05) is 37.3 Å². The Kier molecular flexibility index (Phi) is 5.53. The predicted molar refractivity (Wildman–Crippen MR) is 118 cm³/mol. The Balaban J connectivity index is 1.65. The van der Waals surface area contributed by atoms with Gasteiger partial charge in [-0.1, -0.05) is 41.9 Å². The van der Waals surface area contributed by atoms with Crippen molar-refractivity contribution >= 4 is 34.7 Å². The van der Waals surface area contributed by atoms with Crippen LogP contribution in [0.3, 0.4) is 0 Å². The fraction of sp³-hybridized carbons (Fsp3) is 0.0870. The zero-order valence-electron chi connectivity index (χ0n) is 16.0. The number of Topliss-reactive ketones (excluding diaryl/α,β-unsaturated/α-hetero) is 1. The zero-order chi connectivity index (χ0) is 21.3. The first-order valence-electron chi connectivity index (χ1n) is 9.18. The van der Waals surface area contributed by atoms with Gasteiger partial charge in [0.15, 0.2) is 5.78 Å². The minimum atomic E-state index is -1.05. The van der Waals surface area contributed by atoms with Gasteiger partial charge in [-0.05, 0) is 47.7 Å². The lowest BCUT2D eigenvalue weighted by molar-refractivity contribution is 0.0697. The number of ketones is 1. The van der Waals surface area contributed by atoms with E-state index in [0.29, 0.717) is 21.0 Å². The normalized spacial score (nSPS) is 10.9. The van der Waals surface area contributed by atoms with Crippen LogP contribution in [0, 0.1) is 6.92 Å². The topological polar surface area (TPSA) is 72.2 Å². The van der Waals surface area contributed by atoms with E-state index in [9.17, 15) is 14.7 Å². The number of benzene rings is 2. The molecule has 0 aliphatic heterocycles. The van der Waals surface area contributed by atoms with Gasteiger partial charge in [0, 0.05) is 16.3 Å². The highest BCUT2D eigenvalue weighted by molar-refractivity contribution is 7.14. The van der Waals surface area contributed by atoms with Crippen LogP contribution in [-0.4, -0.2) is 26.6 Å². The standard InChI is InChI=1S/C23H17ClN2O3S/c1-14-19(12-25-26(14)18-5-3-2-4-6-18)20(27)11-16-13-30-22(21(16)23(28)29)15-7-9-17(24)10-8-15/h2-10,12-13H,11H2,1H3,(H,28,29). The number of aromatic carboxylic acids is 1. The molecule has 4 aromatic rings. The van der Waals surface area contributed by atoms with E-state index >= 15 is 0 Å². The van der Waals surface area contributed by atoms with Crippen molar-refractivity contribution < 1.29 is 14.7 Å². The zero-order valence-corrected chi connectivity index (χ0v) is 17.6. The van der Waals surface area contributed by atoms with Crippen LogP contribution >= 0.6 is 22.9 Å². The minimum Gasteiger partial charge on any atom is -0.478 e. The smallest absolute Gasteiger partial charge is 0.337 e. The van der Waals surface area contributed by atoms with E-state index in [4.69, 9.17) is 11.6 Å². The molecule has 0 radical (unpaired) electrons. The van der Waals surface area contributed by atoms with Crippen LogP contribution in [-0.2, 0) is 6.42 Å². The van der Waals surface area contributed by atoms with Gasteiger partial charge < -0.3 is 5.11 Å². The molecule has 0 fully saturated rings. The number of carbonyl (C=O) groups excluding carboxylic acids is 1. The highest BCUT2D eigenvalue weighted by Crippen LogP contribution is 2.34. The number of rotatable bonds is 6. The van der Waals surface area contributed by atoms with Gasteiger partial charge >= 0.3 is 5.97 Å². The SMILES string of the molecule is Cc1c(C(=O)Cc2csc(-c3ccc(Cl)cc3)c2C(=O)O)cnn1-c1ccccc1. The number of para-hydroxylation sites is 1. The van der Waals surface area contributed by atoms with Crippen molar-refractivity contribution in [3.05, 3.63) is 93.6 Å². The monoisotopic (exact) mass is 436 g/mol. The van der Waals surface area contributed by atoms with Crippen LogP contribution in [0.4, 0.5) is 0 Å². The average molecular weight is 437 g/mol. The number of thiophene rings is 1. The maximum Gasteiger partial charge on any atom is 0.337 e. The van der Waals surface area contributed by atoms with E-state index in [1.54, 1.807) is 34.3 Å². The Morgan fingerprint density at radius 2 is 1.80 bits per heavy atom. The fourth-order valence-corrected chi connectivity index (χ4v) is 4.55. The van der Waals surface area contributed by atoms with Gasteiger partial charge in [0.1, 0.15) is 0 Å². The maximum absolute atomic E-state index is 13.0. The number of carbonyl (C=O) groups is 2. The lowest BCUT2D eigenvalue weighted by atomic mass is 9.99. The molecule has 0 unspecified atom stereocenters. The molecule has 0 aliphatic carbocycles. The third-order valence-electron chi connectivity index (χ3n) is 4.85. The van der Waals surface area contributed by atoms with Crippen LogP contribution in [0.15, 0.2) is 66.2 Å². The van der Waals surface area contributed by atoms with E-state index in [1.165, 1.54) is 17.5 Å². The third-order valence-corrected chi connectivity index (χ3v) is 6.18. The largest absolute Gasteiger partial charge is 0.478 e. The van der Waals surface area contributed by atoms with Crippen molar-refractivity contribution in [1.29, 1.82) is 0 Å². The molecular formula is C23H17ClN2O3S. The highest BCUT2D eigenvalue weighted by atomic mass is 35.5. The van der Waals surface area contributed by atoms with Crippen LogP contribution in [0.25, 0.3) is 16.1 Å². The van der Waals surface area contributed by atoms with Gasteiger partial charge in [0.05, 0.1) is 28.7 Å². The van der Waals surface area contributed by atoms with Crippen molar-refractivity contribution in [2.24, 2.45) is 0 Å². The van der Waals surface area contributed by atoms with E-state index < -0.39 is 5.97 Å². The van der Waals surface area contributed by atoms with Gasteiger partial charge in [-0.2, -0.15) is 5.10 Å². The summed E-state index contributed by atoms with van der Waals surface area (Å²) in [5.74, 6) is -1.22. The molecule has 5 nitrogen and oxygen atoms in total. The summed E-state index contributed by atoms with van der Waals surface area (Å²) in [6.45, 7) is 1.83. The second-order valence-electron chi connectivity index (χ2n) is 6.77. The van der Waals surface area contributed by atoms with Gasteiger partial charge in [0.2, 0.25) is 0 Å². The lowest BCUT2D eigenvalue weighted by Gasteiger charge is -2.06. The molecule has 0 saturated heterocycles. The molecule has 7 heteroatoms. The second kappa shape index (κ2) is 8.26. The van der Waals surface area contributed by atoms with Gasteiger partial charge in [0.25, 0.3) is 0 Å². The van der Waals surface area contributed by atoms with Crippen LogP contribution in [0.1, 0.15) is 32.0 Å². The second-order valence-corrected chi connectivity index (χ2v) is 8.08. The first-order valence-corrected chi connectivity index (χ1v) is 10.4. The molecule has 2 heterocycles. The quantitative estimate of drug-likeness (QED) is 0.394. The molecule has 2 aromatic carbocycles. The summed E-state index contributed by atoms with van der Waals surface area (Å²) in [5, 5.41) is 16.4. The molecule has 30 heavy (non-hydrogen) atoms. The summed E-state index contributed by atoms with van der Waals surface area (Å²) in [6.07, 6.45) is 1.53. The Labute approximate surface area is 182 Å². The van der Waals surface area contributed by atoms with Crippen molar-refractivity contribution in [2.75, 3.05) is 0 Å². The lowest BCUT2D eigenvalue weighted by Crippen LogP contribution is -2.09. The summed E-state index contributed by atoms with van der Waals surface area (Å²) in [5.41, 5.74) is 3.47. The Hall–Kier alpha value is -3.22. The van der Waals surface area contributed by atoms with Crippen molar-refractivity contribution in [3.8, 4) is 16.1 Å². The first-order chi connectivity index (χ1) is 14.5. The molecule has 0 bridgehead atoms.